The summed E-state index contributed by atoms with van der Waals surface area (Å²) in [5.74, 6) is 0.706. The van der Waals surface area contributed by atoms with Gasteiger partial charge < -0.3 is 19.5 Å². The quantitative estimate of drug-likeness (QED) is 0.750. The molecule has 122 valence electrons. The Morgan fingerprint density at radius 2 is 1.86 bits per heavy atom. The Kier molecular flexibility index (Phi) is 6.21. The van der Waals surface area contributed by atoms with Crippen LogP contribution in [0.5, 0.6) is 5.75 Å². The molecule has 1 aliphatic carbocycles. The molecule has 0 spiro atoms. The average molecular weight is 307 g/mol. The van der Waals surface area contributed by atoms with Crippen LogP contribution in [0.2, 0.25) is 0 Å². The number of carbonyl (C=O) groups excluding carboxylic acids is 1. The first-order chi connectivity index (χ1) is 10.7. The van der Waals surface area contributed by atoms with Crippen LogP contribution in [0.1, 0.15) is 32.6 Å². The Bertz CT molecular complexity index is 466. The average Bonchev–Trinajstić information content (AvgIpc) is 3.03. The molecule has 1 aromatic rings. The van der Waals surface area contributed by atoms with Crippen LogP contribution >= 0.6 is 0 Å². The molecule has 0 radical (unpaired) electrons. The van der Waals surface area contributed by atoms with Gasteiger partial charge >= 0.3 is 0 Å². The maximum Gasteiger partial charge on any atom is 0.256 e. The van der Waals surface area contributed by atoms with Crippen LogP contribution < -0.4 is 10.1 Å². The van der Waals surface area contributed by atoms with E-state index in [1.54, 1.807) is 7.11 Å². The van der Waals surface area contributed by atoms with Gasteiger partial charge in [-0.25, -0.2) is 0 Å². The lowest BCUT2D eigenvalue weighted by Crippen LogP contribution is -2.42. The third-order valence-corrected chi connectivity index (χ3v) is 4.03. The summed E-state index contributed by atoms with van der Waals surface area (Å²) >= 11 is 0. The number of amides is 1. The molecule has 5 nitrogen and oxygen atoms in total. The fourth-order valence-electron chi connectivity index (χ4n) is 2.71. The lowest BCUT2D eigenvalue weighted by atomic mass is 10.0. The molecule has 2 rings (SSSR count). The van der Waals surface area contributed by atoms with Gasteiger partial charge in [-0.05, 0) is 56.9 Å². The summed E-state index contributed by atoms with van der Waals surface area (Å²) in [5.41, 5.74) is 0.0950. The molecule has 1 saturated carbocycles. The molecular weight excluding hydrogens is 282 g/mol. The molecule has 22 heavy (non-hydrogen) atoms. The van der Waals surface area contributed by atoms with E-state index in [1.165, 1.54) is 0 Å². The van der Waals surface area contributed by atoms with E-state index >= 15 is 0 Å². The van der Waals surface area contributed by atoms with Crippen molar-refractivity contribution < 1.29 is 19.0 Å². The molecular formula is C17H25NO4. The van der Waals surface area contributed by atoms with Crippen LogP contribution in [0, 0.1) is 0 Å². The van der Waals surface area contributed by atoms with E-state index in [1.807, 2.05) is 31.2 Å². The molecule has 0 saturated heterocycles. The lowest BCUT2D eigenvalue weighted by Gasteiger charge is -2.25. The van der Waals surface area contributed by atoms with Crippen molar-refractivity contribution in [3.05, 3.63) is 24.3 Å². The first-order valence-electron chi connectivity index (χ1n) is 7.87. The third kappa shape index (κ3) is 4.21. The highest BCUT2D eigenvalue weighted by molar-refractivity contribution is 5.97. The molecule has 1 fully saturated rings. The van der Waals surface area contributed by atoms with Crippen LogP contribution in [0.3, 0.4) is 0 Å². The van der Waals surface area contributed by atoms with Crippen LogP contribution in [0.25, 0.3) is 0 Å². The largest absolute Gasteiger partial charge is 0.491 e. The predicted molar refractivity (Wildman–Crippen MR) is 85.3 cm³/mol. The van der Waals surface area contributed by atoms with E-state index in [-0.39, 0.29) is 5.91 Å². The highest BCUT2D eigenvalue weighted by Crippen LogP contribution is 2.33. The number of nitrogens with one attached hydrogen (secondary N) is 1. The number of anilines is 1. The lowest BCUT2D eigenvalue weighted by molar-refractivity contribution is -0.136. The Hall–Kier alpha value is -1.59. The second kappa shape index (κ2) is 8.15. The molecule has 1 aliphatic rings. The summed E-state index contributed by atoms with van der Waals surface area (Å²) in [6, 6.07) is 7.36. The summed E-state index contributed by atoms with van der Waals surface area (Å²) in [6.45, 7) is 3.74. The predicted octanol–water partition coefficient (Wildman–Crippen LogP) is 3.00. The van der Waals surface area contributed by atoms with Crippen LogP contribution in [0.15, 0.2) is 24.3 Å². The molecule has 0 bridgehead atoms. The Morgan fingerprint density at radius 3 is 2.45 bits per heavy atom. The van der Waals surface area contributed by atoms with Gasteiger partial charge in [0.25, 0.3) is 5.91 Å². The first-order valence-corrected chi connectivity index (χ1v) is 7.87. The highest BCUT2D eigenvalue weighted by atomic mass is 16.5. The van der Waals surface area contributed by atoms with Gasteiger partial charge in [-0.15, -0.1) is 0 Å². The molecule has 1 aromatic carbocycles. The second-order valence-corrected chi connectivity index (χ2v) is 5.43. The summed E-state index contributed by atoms with van der Waals surface area (Å²) in [6.07, 6.45) is 3.64. The number of rotatable bonds is 8. The van der Waals surface area contributed by atoms with Crippen molar-refractivity contribution >= 4 is 11.6 Å². The van der Waals surface area contributed by atoms with Gasteiger partial charge in [-0.3, -0.25) is 4.79 Å². The van der Waals surface area contributed by atoms with E-state index in [4.69, 9.17) is 14.2 Å². The van der Waals surface area contributed by atoms with Crippen molar-refractivity contribution in [2.75, 3.05) is 32.2 Å². The highest BCUT2D eigenvalue weighted by Gasteiger charge is 2.41. The van der Waals surface area contributed by atoms with Gasteiger partial charge in [0.15, 0.2) is 0 Å². The Balaban J connectivity index is 1.86. The standard InChI is InChI=1S/C17H25NO4/c1-3-21-12-13-22-15-8-6-14(7-9-15)18-16(19)17(20-2)10-4-5-11-17/h6-9H,3-5,10-13H2,1-2H3,(H,18,19). The summed E-state index contributed by atoms with van der Waals surface area (Å²) in [4.78, 5) is 12.4. The number of benzene rings is 1. The minimum absolute atomic E-state index is 0.0579. The van der Waals surface area contributed by atoms with Gasteiger partial charge in [0, 0.05) is 19.4 Å². The molecule has 1 amide bonds. The van der Waals surface area contributed by atoms with Crippen molar-refractivity contribution in [2.24, 2.45) is 0 Å². The number of hydrogen-bond donors (Lipinski definition) is 1. The van der Waals surface area contributed by atoms with Crippen molar-refractivity contribution in [2.45, 2.75) is 38.2 Å². The van der Waals surface area contributed by atoms with Crippen LogP contribution in [-0.2, 0) is 14.3 Å². The van der Waals surface area contributed by atoms with Gasteiger partial charge in [-0.2, -0.15) is 0 Å². The summed E-state index contributed by atoms with van der Waals surface area (Å²) in [7, 11) is 1.61. The van der Waals surface area contributed by atoms with Crippen LogP contribution in [-0.4, -0.2) is 38.4 Å². The van der Waals surface area contributed by atoms with Crippen molar-refractivity contribution in [1.29, 1.82) is 0 Å². The molecule has 5 heteroatoms. The fraction of sp³-hybridized carbons (Fsp3) is 0.588. The Morgan fingerprint density at radius 1 is 1.18 bits per heavy atom. The van der Waals surface area contributed by atoms with E-state index in [0.29, 0.717) is 19.8 Å². The molecule has 0 aromatic heterocycles. The normalized spacial score (nSPS) is 16.5. The molecule has 0 atom stereocenters. The van der Waals surface area contributed by atoms with Crippen LogP contribution in [0.4, 0.5) is 5.69 Å². The maximum atomic E-state index is 12.4. The topological polar surface area (TPSA) is 56.8 Å². The van der Waals surface area contributed by atoms with Crippen molar-refractivity contribution in [1.82, 2.24) is 0 Å². The summed E-state index contributed by atoms with van der Waals surface area (Å²) in [5, 5.41) is 2.94. The van der Waals surface area contributed by atoms with E-state index in [0.717, 1.165) is 37.1 Å². The monoisotopic (exact) mass is 307 g/mol. The van der Waals surface area contributed by atoms with E-state index in [2.05, 4.69) is 5.32 Å². The number of hydrogen-bond acceptors (Lipinski definition) is 4. The van der Waals surface area contributed by atoms with Gasteiger partial charge in [-0.1, -0.05) is 0 Å². The van der Waals surface area contributed by atoms with E-state index in [9.17, 15) is 4.79 Å². The number of ether oxygens (including phenoxy) is 3. The molecule has 0 unspecified atom stereocenters. The molecule has 0 heterocycles. The number of carbonyl (C=O) groups is 1. The smallest absolute Gasteiger partial charge is 0.256 e. The van der Waals surface area contributed by atoms with Crippen molar-refractivity contribution in [3.8, 4) is 5.75 Å². The first kappa shape index (κ1) is 16.8. The summed E-state index contributed by atoms with van der Waals surface area (Å²) < 4.78 is 16.2. The van der Waals surface area contributed by atoms with Crippen molar-refractivity contribution in [3.63, 3.8) is 0 Å². The zero-order valence-electron chi connectivity index (χ0n) is 13.4. The fourth-order valence-corrected chi connectivity index (χ4v) is 2.71. The SMILES string of the molecule is CCOCCOc1ccc(NC(=O)C2(OC)CCCC2)cc1. The second-order valence-electron chi connectivity index (χ2n) is 5.43. The minimum atomic E-state index is -0.660. The Labute approximate surface area is 131 Å². The third-order valence-electron chi connectivity index (χ3n) is 4.03. The maximum absolute atomic E-state index is 12.4. The molecule has 0 aliphatic heterocycles. The van der Waals surface area contributed by atoms with Gasteiger partial charge in [0.1, 0.15) is 18.0 Å². The van der Waals surface area contributed by atoms with E-state index < -0.39 is 5.60 Å². The number of methoxy groups -OCH3 is 1. The molecule has 1 N–H and O–H groups in total. The van der Waals surface area contributed by atoms with Gasteiger partial charge in [0.05, 0.1) is 6.61 Å². The minimum Gasteiger partial charge on any atom is -0.491 e. The van der Waals surface area contributed by atoms with Gasteiger partial charge in [0.2, 0.25) is 0 Å². The zero-order chi connectivity index (χ0) is 15.8. The zero-order valence-corrected chi connectivity index (χ0v) is 13.4.